The van der Waals surface area contributed by atoms with Gasteiger partial charge in [-0.15, -0.1) is 13.2 Å². The lowest BCUT2D eigenvalue weighted by Crippen LogP contribution is -2.19. The van der Waals surface area contributed by atoms with E-state index in [1.165, 1.54) is 0 Å². The van der Waals surface area contributed by atoms with Crippen molar-refractivity contribution < 1.29 is 32.9 Å². The highest BCUT2D eigenvalue weighted by molar-refractivity contribution is 9.08. The number of ether oxygens (including phenoxy) is 1. The third-order valence-electron chi connectivity index (χ3n) is 1.66. The molecule has 1 heterocycles. The lowest BCUT2D eigenvalue weighted by molar-refractivity contribution is -0.275. The second-order valence-corrected chi connectivity index (χ2v) is 3.34. The molecule has 0 spiro atoms. The van der Waals surface area contributed by atoms with E-state index in [0.29, 0.717) is 6.20 Å². The van der Waals surface area contributed by atoms with Gasteiger partial charge in [-0.1, -0.05) is 15.9 Å². The molecule has 0 aliphatic rings. The maximum absolute atomic E-state index is 12.0. The molecular formula is C8H5BrF3NO4. The predicted octanol–water partition coefficient (Wildman–Crippen LogP) is 2.28. The maximum atomic E-state index is 12.0. The van der Waals surface area contributed by atoms with Crippen LogP contribution in [-0.4, -0.2) is 27.5 Å². The van der Waals surface area contributed by atoms with E-state index in [-0.39, 0.29) is 11.0 Å². The van der Waals surface area contributed by atoms with Crippen LogP contribution in [0.2, 0.25) is 0 Å². The molecule has 0 aromatic carbocycles. The van der Waals surface area contributed by atoms with Gasteiger partial charge in [-0.2, -0.15) is 0 Å². The minimum atomic E-state index is -5.10. The van der Waals surface area contributed by atoms with Crippen molar-refractivity contribution in [2.45, 2.75) is 11.7 Å². The molecule has 0 amide bonds. The average molecular weight is 316 g/mol. The molecule has 0 aliphatic heterocycles. The van der Waals surface area contributed by atoms with Crippen LogP contribution in [-0.2, 0) is 5.33 Å². The number of carboxylic acid groups (broad SMARTS) is 1. The smallest absolute Gasteiger partial charge is 0.503 e. The molecule has 0 fully saturated rings. The number of aromatic hydroxyl groups is 1. The molecule has 17 heavy (non-hydrogen) atoms. The Bertz CT molecular complexity index is 449. The summed E-state index contributed by atoms with van der Waals surface area (Å²) in [4.78, 5) is 14.1. The Balaban J connectivity index is 3.35. The normalized spacial score (nSPS) is 11.3. The van der Waals surface area contributed by atoms with E-state index >= 15 is 0 Å². The van der Waals surface area contributed by atoms with E-state index < -0.39 is 29.4 Å². The monoisotopic (exact) mass is 315 g/mol. The van der Waals surface area contributed by atoms with Crippen molar-refractivity contribution in [3.05, 3.63) is 17.5 Å². The van der Waals surface area contributed by atoms with Gasteiger partial charge in [0.25, 0.3) is 0 Å². The number of pyridine rings is 1. The van der Waals surface area contributed by atoms with Crippen LogP contribution in [0.3, 0.4) is 0 Å². The number of carboxylic acids is 1. The number of hydrogen-bond donors (Lipinski definition) is 2. The van der Waals surface area contributed by atoms with E-state index in [4.69, 9.17) is 5.11 Å². The third-order valence-corrected chi connectivity index (χ3v) is 2.19. The van der Waals surface area contributed by atoms with Crippen LogP contribution in [0.4, 0.5) is 13.2 Å². The molecule has 0 aliphatic carbocycles. The Hall–Kier alpha value is -1.51. The summed E-state index contributed by atoms with van der Waals surface area (Å²) in [5.74, 6) is -3.82. The molecule has 0 saturated heterocycles. The minimum Gasteiger partial charge on any atom is -0.503 e. The van der Waals surface area contributed by atoms with E-state index in [9.17, 15) is 23.1 Å². The van der Waals surface area contributed by atoms with Crippen molar-refractivity contribution in [1.29, 1.82) is 0 Å². The maximum Gasteiger partial charge on any atom is 0.573 e. The van der Waals surface area contributed by atoms with E-state index in [2.05, 4.69) is 25.7 Å². The van der Waals surface area contributed by atoms with Gasteiger partial charge in [0.15, 0.2) is 11.5 Å². The van der Waals surface area contributed by atoms with E-state index in [1.54, 1.807) is 0 Å². The number of nitrogens with zero attached hydrogens (tertiary/aromatic N) is 1. The van der Waals surface area contributed by atoms with Crippen molar-refractivity contribution >= 4 is 21.9 Å². The summed E-state index contributed by atoms with van der Waals surface area (Å²) in [6, 6.07) is 0. The number of aromatic carboxylic acids is 1. The summed E-state index contributed by atoms with van der Waals surface area (Å²) in [5.41, 5.74) is -1.03. The molecule has 9 heteroatoms. The molecule has 0 radical (unpaired) electrons. The Labute approximate surface area is 101 Å². The predicted molar refractivity (Wildman–Crippen MR) is 52.2 cm³/mol. The average Bonchev–Trinajstić information content (AvgIpc) is 2.18. The number of aromatic nitrogens is 1. The first kappa shape index (κ1) is 13.6. The topological polar surface area (TPSA) is 79.7 Å². The lowest BCUT2D eigenvalue weighted by Gasteiger charge is -2.13. The second kappa shape index (κ2) is 4.78. The molecule has 0 atom stereocenters. The molecule has 2 N–H and O–H groups in total. The second-order valence-electron chi connectivity index (χ2n) is 2.78. The van der Waals surface area contributed by atoms with Crippen LogP contribution in [0.25, 0.3) is 0 Å². The van der Waals surface area contributed by atoms with Crippen molar-refractivity contribution in [2.75, 3.05) is 0 Å². The first-order valence-electron chi connectivity index (χ1n) is 4.02. The molecule has 5 nitrogen and oxygen atoms in total. The Morgan fingerprint density at radius 1 is 1.53 bits per heavy atom. The van der Waals surface area contributed by atoms with Gasteiger partial charge >= 0.3 is 12.3 Å². The van der Waals surface area contributed by atoms with Gasteiger partial charge in [0.1, 0.15) is 5.56 Å². The van der Waals surface area contributed by atoms with Gasteiger partial charge in [0, 0.05) is 11.5 Å². The molecule has 0 unspecified atom stereocenters. The first-order valence-corrected chi connectivity index (χ1v) is 5.14. The summed E-state index contributed by atoms with van der Waals surface area (Å²) < 4.78 is 39.6. The number of hydrogen-bond acceptors (Lipinski definition) is 4. The molecule has 0 bridgehead atoms. The number of carbonyl (C=O) groups is 1. The van der Waals surface area contributed by atoms with Crippen LogP contribution in [0.1, 0.15) is 16.1 Å². The minimum absolute atomic E-state index is 0.0487. The molecular weight excluding hydrogens is 311 g/mol. The summed E-state index contributed by atoms with van der Waals surface area (Å²) in [6.07, 6.45) is -4.42. The van der Waals surface area contributed by atoms with Crippen LogP contribution in [0, 0.1) is 0 Å². The van der Waals surface area contributed by atoms with Crippen molar-refractivity contribution in [3.8, 4) is 11.5 Å². The fourth-order valence-electron chi connectivity index (χ4n) is 0.990. The van der Waals surface area contributed by atoms with Gasteiger partial charge in [-0.25, -0.2) is 4.79 Å². The van der Waals surface area contributed by atoms with Gasteiger partial charge in [0.05, 0.1) is 5.69 Å². The largest absolute Gasteiger partial charge is 0.573 e. The van der Waals surface area contributed by atoms with Crippen LogP contribution in [0.15, 0.2) is 6.20 Å². The van der Waals surface area contributed by atoms with E-state index in [0.717, 1.165) is 0 Å². The van der Waals surface area contributed by atoms with Gasteiger partial charge in [0.2, 0.25) is 0 Å². The molecule has 1 aromatic rings. The molecule has 1 aromatic heterocycles. The summed E-state index contributed by atoms with van der Waals surface area (Å²) in [7, 11) is 0. The SMILES string of the molecule is O=C(O)c1cnc(CBr)c(O)c1OC(F)(F)F. The van der Waals surface area contributed by atoms with Gasteiger partial charge in [-0.3, -0.25) is 4.98 Å². The third kappa shape index (κ3) is 3.22. The summed E-state index contributed by atoms with van der Waals surface area (Å²) in [5, 5.41) is 18.0. The number of alkyl halides is 4. The zero-order chi connectivity index (χ0) is 13.2. The van der Waals surface area contributed by atoms with E-state index in [1.807, 2.05) is 0 Å². The molecule has 0 saturated carbocycles. The lowest BCUT2D eigenvalue weighted by atomic mass is 10.2. The van der Waals surface area contributed by atoms with Gasteiger partial charge in [-0.05, 0) is 0 Å². The quantitative estimate of drug-likeness (QED) is 0.836. The number of rotatable bonds is 3. The highest BCUT2D eigenvalue weighted by atomic mass is 79.9. The molecule has 94 valence electrons. The Kier molecular flexibility index (Phi) is 3.81. The number of halogens is 4. The summed E-state index contributed by atoms with van der Waals surface area (Å²) >= 11 is 2.88. The standard InChI is InChI=1S/C8H5BrF3NO4/c9-1-4-5(14)6(17-8(10,11)12)3(2-13-4)7(15)16/h2,14H,1H2,(H,15,16). The van der Waals surface area contributed by atoms with Gasteiger partial charge < -0.3 is 14.9 Å². The van der Waals surface area contributed by atoms with Crippen molar-refractivity contribution in [3.63, 3.8) is 0 Å². The highest BCUT2D eigenvalue weighted by Crippen LogP contribution is 2.37. The van der Waals surface area contributed by atoms with Crippen LogP contribution < -0.4 is 4.74 Å². The fraction of sp³-hybridized carbons (Fsp3) is 0.250. The van der Waals surface area contributed by atoms with Crippen molar-refractivity contribution in [2.24, 2.45) is 0 Å². The Morgan fingerprint density at radius 3 is 2.53 bits per heavy atom. The summed E-state index contributed by atoms with van der Waals surface area (Å²) in [6.45, 7) is 0. The molecule has 1 rings (SSSR count). The van der Waals surface area contributed by atoms with Crippen LogP contribution >= 0.6 is 15.9 Å². The van der Waals surface area contributed by atoms with Crippen molar-refractivity contribution in [1.82, 2.24) is 4.98 Å². The zero-order valence-electron chi connectivity index (χ0n) is 7.95. The highest BCUT2D eigenvalue weighted by Gasteiger charge is 2.35. The fourth-order valence-corrected chi connectivity index (χ4v) is 1.40. The zero-order valence-corrected chi connectivity index (χ0v) is 9.54. The van der Waals surface area contributed by atoms with Crippen LogP contribution in [0.5, 0.6) is 11.5 Å². The Morgan fingerprint density at radius 2 is 2.12 bits per heavy atom. The first-order chi connectivity index (χ1) is 7.76.